The quantitative estimate of drug-likeness (QED) is 0.590. The molecule has 3 saturated carbocycles. The Kier molecular flexibility index (Phi) is 5.69. The summed E-state index contributed by atoms with van der Waals surface area (Å²) in [6.07, 6.45) is 11.8. The van der Waals surface area contributed by atoms with Crippen LogP contribution in [-0.2, 0) is 4.74 Å². The Balaban J connectivity index is 1.21. The third-order valence-corrected chi connectivity index (χ3v) is 11.1. The average Bonchev–Trinajstić information content (AvgIpc) is 3.41. The van der Waals surface area contributed by atoms with Crippen LogP contribution in [0.25, 0.3) is 0 Å². The van der Waals surface area contributed by atoms with Crippen molar-refractivity contribution in [2.24, 2.45) is 28.4 Å². The van der Waals surface area contributed by atoms with E-state index in [2.05, 4.69) is 19.9 Å². The van der Waals surface area contributed by atoms with E-state index in [0.717, 1.165) is 63.4 Å². The van der Waals surface area contributed by atoms with Gasteiger partial charge in [0, 0.05) is 30.6 Å². The van der Waals surface area contributed by atoms with Crippen molar-refractivity contribution in [1.82, 2.24) is 4.90 Å². The first kappa shape index (κ1) is 24.2. The third-order valence-electron chi connectivity index (χ3n) is 11.1. The number of likely N-dealkylation sites (tertiary alicyclic amines) is 1. The highest BCUT2D eigenvalue weighted by Gasteiger charge is 2.66. The van der Waals surface area contributed by atoms with Crippen molar-refractivity contribution in [3.63, 3.8) is 0 Å². The molecular weight excluding hydrogens is 456 g/mol. The molecule has 0 aromatic carbocycles. The molecule has 1 aliphatic heterocycles. The normalized spacial score (nSPS) is 43.8. The SMILES string of the molecule is C[C@]12CCC(OC(=O)N3CCC(N)C3)C=C1CC[C@@H]1[C@@H]2CC[C@]2(C)[C@@H](c3ccc(=O)oc3)CC[C@]12O. The fourth-order valence-corrected chi connectivity index (χ4v) is 9.02. The van der Waals surface area contributed by atoms with Crippen LogP contribution in [0.2, 0.25) is 0 Å². The van der Waals surface area contributed by atoms with Crippen LogP contribution in [0.3, 0.4) is 0 Å². The summed E-state index contributed by atoms with van der Waals surface area (Å²) in [6.45, 7) is 5.91. The number of hydrogen-bond donors (Lipinski definition) is 2. The number of allylic oxidation sites excluding steroid dienone is 1. The number of hydrogen-bond acceptors (Lipinski definition) is 6. The summed E-state index contributed by atoms with van der Waals surface area (Å²) in [7, 11) is 0. The van der Waals surface area contributed by atoms with Crippen LogP contribution < -0.4 is 11.4 Å². The zero-order valence-corrected chi connectivity index (χ0v) is 21.6. The van der Waals surface area contributed by atoms with Gasteiger partial charge in [-0.3, -0.25) is 0 Å². The lowest BCUT2D eigenvalue weighted by Crippen LogP contribution is -2.60. The minimum Gasteiger partial charge on any atom is -0.442 e. The number of nitrogens with two attached hydrogens (primary N) is 1. The summed E-state index contributed by atoms with van der Waals surface area (Å²) >= 11 is 0. The highest BCUT2D eigenvalue weighted by molar-refractivity contribution is 5.68. The zero-order chi connectivity index (χ0) is 25.3. The summed E-state index contributed by atoms with van der Waals surface area (Å²) in [4.78, 5) is 25.9. The molecule has 7 nitrogen and oxygen atoms in total. The Hall–Kier alpha value is -2.12. The Labute approximate surface area is 213 Å². The van der Waals surface area contributed by atoms with Gasteiger partial charge in [-0.1, -0.05) is 19.4 Å². The predicted octanol–water partition coefficient (Wildman–Crippen LogP) is 4.34. The first-order valence-corrected chi connectivity index (χ1v) is 13.9. The number of carbonyl (C=O) groups excluding carboxylic acids is 1. The highest BCUT2D eigenvalue weighted by atomic mass is 16.6. The van der Waals surface area contributed by atoms with E-state index in [4.69, 9.17) is 14.9 Å². The van der Waals surface area contributed by atoms with Gasteiger partial charge in [0.1, 0.15) is 6.10 Å². The molecule has 4 aliphatic carbocycles. The standard InChI is InChI=1S/C29H40N2O5/c1-27-11-7-21(36-26(33)31-14-10-20(30)16-31)15-19(27)4-5-24-23(27)8-12-28(2)22(9-13-29(24,28)34)18-3-6-25(32)35-17-18/h3,6,15,17,20-24,34H,4-5,7-14,16,30H2,1-2H3/t20?,21?,22-,23+,24-,27+,28-,29+/m1/s1. The monoisotopic (exact) mass is 496 g/mol. The Morgan fingerprint density at radius 2 is 1.94 bits per heavy atom. The fourth-order valence-electron chi connectivity index (χ4n) is 9.02. The van der Waals surface area contributed by atoms with Crippen molar-refractivity contribution in [3.05, 3.63) is 46.0 Å². The van der Waals surface area contributed by atoms with Gasteiger partial charge in [-0.2, -0.15) is 0 Å². The van der Waals surface area contributed by atoms with Crippen LogP contribution >= 0.6 is 0 Å². The number of nitrogens with zero attached hydrogens (tertiary/aromatic N) is 1. The molecule has 36 heavy (non-hydrogen) atoms. The smallest absolute Gasteiger partial charge is 0.410 e. The van der Waals surface area contributed by atoms with Crippen molar-refractivity contribution >= 4 is 6.09 Å². The van der Waals surface area contributed by atoms with E-state index < -0.39 is 5.60 Å². The molecule has 0 radical (unpaired) electrons. The molecule has 3 N–H and O–H groups in total. The minimum absolute atomic E-state index is 0.0382. The van der Waals surface area contributed by atoms with Gasteiger partial charge in [-0.05, 0) is 98.7 Å². The molecule has 4 fully saturated rings. The molecule has 7 heteroatoms. The van der Waals surface area contributed by atoms with E-state index in [1.54, 1.807) is 11.2 Å². The largest absolute Gasteiger partial charge is 0.442 e. The second-order valence-corrected chi connectivity index (χ2v) is 12.7. The van der Waals surface area contributed by atoms with E-state index in [1.165, 1.54) is 11.6 Å². The maximum absolute atomic E-state index is 12.7. The number of amides is 1. The second kappa shape index (κ2) is 8.45. The summed E-state index contributed by atoms with van der Waals surface area (Å²) < 4.78 is 11.1. The molecule has 1 amide bonds. The molecule has 2 unspecified atom stereocenters. The Morgan fingerprint density at radius 3 is 2.67 bits per heavy atom. The van der Waals surface area contributed by atoms with Crippen molar-refractivity contribution in [3.8, 4) is 0 Å². The molecule has 5 aliphatic rings. The maximum Gasteiger partial charge on any atom is 0.410 e. The van der Waals surface area contributed by atoms with Crippen LogP contribution in [0.4, 0.5) is 4.79 Å². The third kappa shape index (κ3) is 3.52. The maximum atomic E-state index is 12.7. The predicted molar refractivity (Wildman–Crippen MR) is 135 cm³/mol. The van der Waals surface area contributed by atoms with Crippen LogP contribution in [0.15, 0.2) is 39.3 Å². The van der Waals surface area contributed by atoms with E-state index in [9.17, 15) is 14.7 Å². The molecule has 0 bridgehead atoms. The molecule has 196 valence electrons. The Morgan fingerprint density at radius 1 is 1.11 bits per heavy atom. The van der Waals surface area contributed by atoms with Gasteiger partial charge in [0.2, 0.25) is 0 Å². The summed E-state index contributed by atoms with van der Waals surface area (Å²) in [5.74, 6) is 0.881. The fraction of sp³-hybridized carbons (Fsp3) is 0.724. The molecule has 6 rings (SSSR count). The van der Waals surface area contributed by atoms with Gasteiger partial charge >= 0.3 is 11.7 Å². The first-order chi connectivity index (χ1) is 17.1. The topological polar surface area (TPSA) is 106 Å². The zero-order valence-electron chi connectivity index (χ0n) is 21.6. The summed E-state index contributed by atoms with van der Waals surface area (Å²) in [5, 5.41) is 12.4. The van der Waals surface area contributed by atoms with Crippen LogP contribution in [0.5, 0.6) is 0 Å². The number of fused-ring (bicyclic) bond motifs is 5. The molecule has 0 spiro atoms. The lowest BCUT2D eigenvalue weighted by molar-refractivity contribution is -0.178. The number of rotatable bonds is 2. The van der Waals surface area contributed by atoms with E-state index >= 15 is 0 Å². The van der Waals surface area contributed by atoms with Crippen molar-refractivity contribution in [2.75, 3.05) is 13.1 Å². The molecule has 1 saturated heterocycles. The van der Waals surface area contributed by atoms with Gasteiger partial charge in [-0.25, -0.2) is 9.59 Å². The number of aliphatic hydroxyl groups is 1. The van der Waals surface area contributed by atoms with Crippen molar-refractivity contribution in [1.29, 1.82) is 0 Å². The highest BCUT2D eigenvalue weighted by Crippen LogP contribution is 2.70. The summed E-state index contributed by atoms with van der Waals surface area (Å²) in [6, 6.07) is 3.45. The van der Waals surface area contributed by atoms with Gasteiger partial charge in [-0.15, -0.1) is 0 Å². The molecular formula is C29H40N2O5. The number of ether oxygens (including phenoxy) is 1. The molecule has 8 atom stereocenters. The van der Waals surface area contributed by atoms with Gasteiger partial charge in [0.25, 0.3) is 0 Å². The average molecular weight is 497 g/mol. The van der Waals surface area contributed by atoms with Crippen LogP contribution in [0, 0.1) is 22.7 Å². The lowest BCUT2D eigenvalue weighted by Gasteiger charge is -2.61. The summed E-state index contributed by atoms with van der Waals surface area (Å²) in [5.41, 5.74) is 7.18. The first-order valence-electron chi connectivity index (χ1n) is 13.9. The van der Waals surface area contributed by atoms with E-state index in [-0.39, 0.29) is 46.5 Å². The van der Waals surface area contributed by atoms with Gasteiger partial charge < -0.3 is 24.9 Å². The van der Waals surface area contributed by atoms with Crippen molar-refractivity contribution in [2.45, 2.75) is 95.3 Å². The lowest BCUT2D eigenvalue weighted by atomic mass is 9.45. The second-order valence-electron chi connectivity index (χ2n) is 12.7. The molecule has 1 aromatic heterocycles. The Bertz CT molecular complexity index is 1110. The van der Waals surface area contributed by atoms with Crippen LogP contribution in [0.1, 0.15) is 83.1 Å². The van der Waals surface area contributed by atoms with E-state index in [1.807, 2.05) is 6.07 Å². The minimum atomic E-state index is -0.719. The van der Waals surface area contributed by atoms with Gasteiger partial charge in [0.15, 0.2) is 0 Å². The molecule has 2 heterocycles. The number of carbonyl (C=O) groups is 1. The molecule has 1 aromatic rings. The van der Waals surface area contributed by atoms with Crippen LogP contribution in [-0.4, -0.2) is 46.9 Å². The van der Waals surface area contributed by atoms with Crippen molar-refractivity contribution < 1.29 is 19.1 Å². The van der Waals surface area contributed by atoms with E-state index in [0.29, 0.717) is 19.0 Å². The van der Waals surface area contributed by atoms with Gasteiger partial charge in [0.05, 0.1) is 11.9 Å².